The maximum absolute atomic E-state index is 3.46. The summed E-state index contributed by atoms with van der Waals surface area (Å²) in [4.78, 5) is 0. The fourth-order valence-corrected chi connectivity index (χ4v) is 3.18. The Bertz CT molecular complexity index is 588. The molecule has 0 aliphatic carbocycles. The van der Waals surface area contributed by atoms with E-state index in [9.17, 15) is 0 Å². The van der Waals surface area contributed by atoms with Crippen LogP contribution in [0.2, 0.25) is 0 Å². The summed E-state index contributed by atoms with van der Waals surface area (Å²) < 4.78 is 0. The van der Waals surface area contributed by atoms with Crippen molar-refractivity contribution in [2.24, 2.45) is 0 Å². The molecule has 1 aliphatic rings. The molecule has 1 heterocycles. The van der Waals surface area contributed by atoms with Gasteiger partial charge in [0.2, 0.25) is 0 Å². The molecule has 1 aliphatic heterocycles. The van der Waals surface area contributed by atoms with Crippen molar-refractivity contribution in [2.75, 3.05) is 11.9 Å². The fraction of sp³-hybridized carbons (Fsp3) is 0.294. The van der Waals surface area contributed by atoms with Crippen LogP contribution in [-0.4, -0.2) is 6.54 Å². The van der Waals surface area contributed by atoms with Crippen LogP contribution < -0.4 is 5.32 Å². The van der Waals surface area contributed by atoms with Gasteiger partial charge in [-0.3, -0.25) is 0 Å². The van der Waals surface area contributed by atoms with Gasteiger partial charge < -0.3 is 5.32 Å². The summed E-state index contributed by atoms with van der Waals surface area (Å²) in [6.07, 6.45) is 1.14. The molecule has 2 aromatic carbocycles. The van der Waals surface area contributed by atoms with Crippen LogP contribution in [0, 0.1) is 20.8 Å². The van der Waals surface area contributed by atoms with E-state index in [1.165, 1.54) is 39.1 Å². The van der Waals surface area contributed by atoms with E-state index < -0.39 is 0 Å². The summed E-state index contributed by atoms with van der Waals surface area (Å²) in [5.41, 5.74) is 9.73. The van der Waals surface area contributed by atoms with Gasteiger partial charge >= 0.3 is 0 Å². The van der Waals surface area contributed by atoms with Gasteiger partial charge in [0.25, 0.3) is 0 Å². The van der Waals surface area contributed by atoms with E-state index in [2.05, 4.69) is 56.4 Å². The second-order valence-corrected chi connectivity index (χ2v) is 5.28. The lowest BCUT2D eigenvalue weighted by Gasteiger charge is -2.15. The van der Waals surface area contributed by atoms with Gasteiger partial charge in [0.05, 0.1) is 0 Å². The van der Waals surface area contributed by atoms with Gasteiger partial charge in [0, 0.05) is 12.2 Å². The molecule has 0 fully saturated rings. The third-order valence-electron chi connectivity index (χ3n) is 3.81. The lowest BCUT2D eigenvalue weighted by Crippen LogP contribution is -1.93. The number of fused-ring (bicyclic) bond motifs is 1. The molecule has 0 amide bonds. The van der Waals surface area contributed by atoms with Crippen molar-refractivity contribution in [3.63, 3.8) is 0 Å². The van der Waals surface area contributed by atoms with Gasteiger partial charge in [-0.15, -0.1) is 0 Å². The predicted octanol–water partition coefficient (Wildman–Crippen LogP) is 4.25. The average molecular weight is 237 g/mol. The van der Waals surface area contributed by atoms with Crippen molar-refractivity contribution in [1.29, 1.82) is 0 Å². The summed E-state index contributed by atoms with van der Waals surface area (Å²) in [7, 11) is 0. The Balaban J connectivity index is 2.25. The molecule has 3 rings (SSSR count). The second kappa shape index (κ2) is 4.16. The molecule has 0 unspecified atom stereocenters. The summed E-state index contributed by atoms with van der Waals surface area (Å²) in [6, 6.07) is 11.2. The summed E-state index contributed by atoms with van der Waals surface area (Å²) in [5, 5.41) is 3.46. The van der Waals surface area contributed by atoms with Gasteiger partial charge in [0.1, 0.15) is 0 Å². The van der Waals surface area contributed by atoms with E-state index in [0.29, 0.717) is 0 Å². The Morgan fingerprint density at radius 3 is 2.44 bits per heavy atom. The molecule has 0 spiro atoms. The van der Waals surface area contributed by atoms with Crippen LogP contribution in [-0.2, 0) is 6.42 Å². The standard InChI is InChI=1S/C17H19N/c1-11-9-12(2)17(13(3)10-11)15-5-4-6-16-14(15)7-8-18-16/h4-6,9-10,18H,7-8H2,1-3H3. The molecule has 92 valence electrons. The predicted molar refractivity (Wildman–Crippen MR) is 78.3 cm³/mol. The minimum atomic E-state index is 1.07. The Hall–Kier alpha value is -1.76. The number of nitrogens with one attached hydrogen (secondary N) is 1. The lowest BCUT2D eigenvalue weighted by molar-refractivity contribution is 1.11. The Morgan fingerprint density at radius 1 is 1.00 bits per heavy atom. The van der Waals surface area contributed by atoms with Gasteiger partial charge in [-0.1, -0.05) is 29.8 Å². The van der Waals surface area contributed by atoms with Crippen LogP contribution in [0.3, 0.4) is 0 Å². The first-order valence-electron chi connectivity index (χ1n) is 6.61. The largest absolute Gasteiger partial charge is 0.384 e. The number of anilines is 1. The number of benzene rings is 2. The SMILES string of the molecule is Cc1cc(C)c(-c2cccc3c2CCN3)c(C)c1. The van der Waals surface area contributed by atoms with Crippen molar-refractivity contribution in [3.05, 3.63) is 52.6 Å². The molecule has 0 saturated carbocycles. The highest BCUT2D eigenvalue weighted by Crippen LogP contribution is 2.36. The monoisotopic (exact) mass is 237 g/mol. The molecular weight excluding hydrogens is 218 g/mol. The van der Waals surface area contributed by atoms with Crippen molar-refractivity contribution in [1.82, 2.24) is 0 Å². The molecule has 0 atom stereocenters. The number of aryl methyl sites for hydroxylation is 3. The number of hydrogen-bond acceptors (Lipinski definition) is 1. The van der Waals surface area contributed by atoms with E-state index >= 15 is 0 Å². The quantitative estimate of drug-likeness (QED) is 0.782. The van der Waals surface area contributed by atoms with Crippen LogP contribution in [0.4, 0.5) is 5.69 Å². The highest BCUT2D eigenvalue weighted by atomic mass is 14.9. The van der Waals surface area contributed by atoms with Crippen molar-refractivity contribution >= 4 is 5.69 Å². The molecule has 18 heavy (non-hydrogen) atoms. The average Bonchev–Trinajstić information content (AvgIpc) is 2.76. The first kappa shape index (κ1) is 11.3. The second-order valence-electron chi connectivity index (χ2n) is 5.28. The van der Waals surface area contributed by atoms with Gasteiger partial charge in [-0.05, 0) is 61.1 Å². The van der Waals surface area contributed by atoms with Gasteiger partial charge in [-0.2, -0.15) is 0 Å². The van der Waals surface area contributed by atoms with Crippen molar-refractivity contribution < 1.29 is 0 Å². The fourth-order valence-electron chi connectivity index (χ4n) is 3.18. The van der Waals surface area contributed by atoms with Crippen LogP contribution in [0.15, 0.2) is 30.3 Å². The zero-order valence-electron chi connectivity index (χ0n) is 11.3. The molecule has 1 heteroatoms. The van der Waals surface area contributed by atoms with E-state index in [4.69, 9.17) is 0 Å². The zero-order valence-corrected chi connectivity index (χ0v) is 11.3. The first-order valence-corrected chi connectivity index (χ1v) is 6.61. The molecule has 0 radical (unpaired) electrons. The smallest absolute Gasteiger partial charge is 0.0379 e. The lowest BCUT2D eigenvalue weighted by atomic mass is 9.90. The Morgan fingerprint density at radius 2 is 1.72 bits per heavy atom. The van der Waals surface area contributed by atoms with Crippen LogP contribution >= 0.6 is 0 Å². The maximum Gasteiger partial charge on any atom is 0.0379 e. The molecule has 0 bridgehead atoms. The zero-order chi connectivity index (χ0) is 12.7. The summed E-state index contributed by atoms with van der Waals surface area (Å²) in [5.74, 6) is 0. The Labute approximate surface area is 109 Å². The third-order valence-corrected chi connectivity index (χ3v) is 3.81. The molecule has 0 aromatic heterocycles. The number of rotatable bonds is 1. The van der Waals surface area contributed by atoms with Crippen LogP contribution in [0.1, 0.15) is 22.3 Å². The van der Waals surface area contributed by atoms with Crippen LogP contribution in [0.5, 0.6) is 0 Å². The van der Waals surface area contributed by atoms with E-state index in [1.807, 2.05) is 0 Å². The van der Waals surface area contributed by atoms with E-state index in [0.717, 1.165) is 13.0 Å². The molecule has 2 aromatic rings. The summed E-state index contributed by atoms with van der Waals surface area (Å²) in [6.45, 7) is 7.67. The van der Waals surface area contributed by atoms with Crippen molar-refractivity contribution in [2.45, 2.75) is 27.2 Å². The van der Waals surface area contributed by atoms with Crippen molar-refractivity contribution in [3.8, 4) is 11.1 Å². The highest BCUT2D eigenvalue weighted by molar-refractivity contribution is 5.79. The minimum Gasteiger partial charge on any atom is -0.384 e. The van der Waals surface area contributed by atoms with E-state index in [1.54, 1.807) is 0 Å². The minimum absolute atomic E-state index is 1.07. The first-order chi connectivity index (χ1) is 8.66. The molecule has 1 nitrogen and oxygen atoms in total. The highest BCUT2D eigenvalue weighted by Gasteiger charge is 2.17. The maximum atomic E-state index is 3.46. The third kappa shape index (κ3) is 1.71. The Kier molecular flexibility index (Phi) is 2.62. The van der Waals surface area contributed by atoms with E-state index in [-0.39, 0.29) is 0 Å². The molecular formula is C17H19N. The molecule has 0 saturated heterocycles. The van der Waals surface area contributed by atoms with Gasteiger partial charge in [-0.25, -0.2) is 0 Å². The molecule has 1 N–H and O–H groups in total. The number of hydrogen-bond donors (Lipinski definition) is 1. The summed E-state index contributed by atoms with van der Waals surface area (Å²) >= 11 is 0. The normalized spacial score (nSPS) is 13.3. The topological polar surface area (TPSA) is 12.0 Å². The van der Waals surface area contributed by atoms with Gasteiger partial charge in [0.15, 0.2) is 0 Å². The van der Waals surface area contributed by atoms with Crippen LogP contribution in [0.25, 0.3) is 11.1 Å².